The second-order valence-corrected chi connectivity index (χ2v) is 7.17. The molecule has 2 aliphatic rings. The first kappa shape index (κ1) is 16.3. The van der Waals surface area contributed by atoms with E-state index in [4.69, 9.17) is 4.42 Å². The minimum absolute atomic E-state index is 0.0335. The van der Waals surface area contributed by atoms with E-state index in [1.165, 1.54) is 25.7 Å². The Bertz CT molecular complexity index is 707. The molecule has 1 aliphatic carbocycles. The largest absolute Gasteiger partial charge is 0.444 e. The van der Waals surface area contributed by atoms with Crippen molar-refractivity contribution < 1.29 is 9.21 Å². The highest BCUT2D eigenvalue weighted by Crippen LogP contribution is 2.26. The van der Waals surface area contributed by atoms with Crippen LogP contribution in [0, 0.1) is 0 Å². The summed E-state index contributed by atoms with van der Waals surface area (Å²) in [6.45, 7) is 2.10. The summed E-state index contributed by atoms with van der Waals surface area (Å²) in [5.74, 6) is 0.600. The van der Waals surface area contributed by atoms with E-state index in [1.807, 2.05) is 30.3 Å². The molecule has 1 aromatic heterocycles. The number of benzene rings is 1. The van der Waals surface area contributed by atoms with Crippen LogP contribution in [0.2, 0.25) is 0 Å². The average molecular weight is 339 g/mol. The molecule has 0 bridgehead atoms. The number of carbonyl (C=O) groups excluding carboxylic acids is 1. The molecule has 2 fully saturated rings. The zero-order chi connectivity index (χ0) is 17.1. The summed E-state index contributed by atoms with van der Waals surface area (Å²) in [6.07, 6.45) is 8.26. The van der Waals surface area contributed by atoms with Crippen LogP contribution >= 0.6 is 0 Å². The molecule has 4 rings (SSSR count). The van der Waals surface area contributed by atoms with E-state index < -0.39 is 0 Å². The van der Waals surface area contributed by atoms with Crippen molar-refractivity contribution in [3.05, 3.63) is 42.3 Å². The first-order valence-corrected chi connectivity index (χ1v) is 9.31. The lowest BCUT2D eigenvalue weighted by Crippen LogP contribution is -2.39. The molecule has 1 amide bonds. The first-order valence-electron chi connectivity index (χ1n) is 9.31. The van der Waals surface area contributed by atoms with Gasteiger partial charge in [-0.1, -0.05) is 31.0 Å². The van der Waals surface area contributed by atoms with Crippen LogP contribution in [0.25, 0.3) is 11.5 Å². The molecule has 1 saturated heterocycles. The van der Waals surface area contributed by atoms with Crippen LogP contribution in [0.4, 0.5) is 0 Å². The quantitative estimate of drug-likeness (QED) is 0.910. The number of likely N-dealkylation sites (tertiary alicyclic amines) is 1. The molecule has 0 radical (unpaired) electrons. The van der Waals surface area contributed by atoms with Crippen molar-refractivity contribution in [1.82, 2.24) is 15.2 Å². The summed E-state index contributed by atoms with van der Waals surface area (Å²) in [4.78, 5) is 19.3. The van der Waals surface area contributed by atoms with Crippen LogP contribution in [0.3, 0.4) is 0 Å². The summed E-state index contributed by atoms with van der Waals surface area (Å²) in [6, 6.07) is 10.8. The minimum Gasteiger partial charge on any atom is -0.444 e. The van der Waals surface area contributed by atoms with Crippen LogP contribution in [0.1, 0.15) is 37.8 Å². The van der Waals surface area contributed by atoms with Crippen molar-refractivity contribution in [2.45, 2.75) is 50.6 Å². The Kier molecular flexibility index (Phi) is 4.83. The smallest absolute Gasteiger partial charge is 0.226 e. The van der Waals surface area contributed by atoms with Crippen LogP contribution in [0.15, 0.2) is 41.0 Å². The molecule has 1 atom stereocenters. The van der Waals surface area contributed by atoms with Gasteiger partial charge in [0, 0.05) is 30.7 Å². The molecular formula is C20H25N3O2. The third-order valence-electron chi connectivity index (χ3n) is 5.34. The second-order valence-electron chi connectivity index (χ2n) is 7.17. The lowest BCUT2D eigenvalue weighted by molar-refractivity contribution is -0.121. The summed E-state index contributed by atoms with van der Waals surface area (Å²) in [5.41, 5.74) is 1.61. The Labute approximate surface area is 148 Å². The molecule has 1 aromatic carbocycles. The molecule has 0 spiro atoms. The Morgan fingerprint density at radius 2 is 2.00 bits per heavy atom. The van der Waals surface area contributed by atoms with Crippen molar-refractivity contribution in [3.63, 3.8) is 0 Å². The standard InChI is InChI=1S/C20H25N3O2/c24-19(21-16-10-11-23(13-16)18-8-4-5-9-18)12-17-14-25-20(22-17)15-6-2-1-3-7-15/h1-3,6-7,14,16,18H,4-5,8-13H2,(H,21,24). The van der Waals surface area contributed by atoms with Gasteiger partial charge in [-0.05, 0) is 31.4 Å². The van der Waals surface area contributed by atoms with Gasteiger partial charge >= 0.3 is 0 Å². The third kappa shape index (κ3) is 3.93. The van der Waals surface area contributed by atoms with E-state index in [9.17, 15) is 4.79 Å². The zero-order valence-electron chi connectivity index (χ0n) is 14.5. The van der Waals surface area contributed by atoms with Gasteiger partial charge < -0.3 is 9.73 Å². The SMILES string of the molecule is O=C(Cc1coc(-c2ccccc2)n1)NC1CCN(C2CCCC2)C1. The number of rotatable bonds is 5. The van der Waals surface area contributed by atoms with Crippen molar-refractivity contribution >= 4 is 5.91 Å². The predicted molar refractivity (Wildman–Crippen MR) is 96.0 cm³/mol. The molecule has 132 valence electrons. The highest BCUT2D eigenvalue weighted by atomic mass is 16.3. The maximum Gasteiger partial charge on any atom is 0.226 e. The molecule has 1 saturated carbocycles. The van der Waals surface area contributed by atoms with Crippen molar-refractivity contribution in [1.29, 1.82) is 0 Å². The van der Waals surface area contributed by atoms with E-state index in [0.717, 1.165) is 31.1 Å². The second kappa shape index (κ2) is 7.40. The molecule has 2 aromatic rings. The fraction of sp³-hybridized carbons (Fsp3) is 0.500. The number of amides is 1. The molecule has 1 unspecified atom stereocenters. The maximum atomic E-state index is 12.3. The Morgan fingerprint density at radius 3 is 2.80 bits per heavy atom. The van der Waals surface area contributed by atoms with E-state index in [1.54, 1.807) is 6.26 Å². The van der Waals surface area contributed by atoms with Gasteiger partial charge in [-0.25, -0.2) is 4.98 Å². The number of nitrogens with zero attached hydrogens (tertiary/aromatic N) is 2. The zero-order valence-corrected chi connectivity index (χ0v) is 14.5. The molecule has 5 heteroatoms. The number of hydrogen-bond acceptors (Lipinski definition) is 4. The summed E-state index contributed by atoms with van der Waals surface area (Å²) in [5, 5.41) is 3.17. The third-order valence-corrected chi connectivity index (χ3v) is 5.34. The van der Waals surface area contributed by atoms with Crippen molar-refractivity contribution in [3.8, 4) is 11.5 Å². The maximum absolute atomic E-state index is 12.3. The van der Waals surface area contributed by atoms with Crippen molar-refractivity contribution in [2.24, 2.45) is 0 Å². The average Bonchev–Trinajstić information content (AvgIpc) is 3.37. The van der Waals surface area contributed by atoms with Crippen LogP contribution in [-0.4, -0.2) is 41.0 Å². The number of aromatic nitrogens is 1. The molecule has 1 aliphatic heterocycles. The van der Waals surface area contributed by atoms with Gasteiger partial charge in [0.25, 0.3) is 0 Å². The lowest BCUT2D eigenvalue weighted by Gasteiger charge is -2.23. The topological polar surface area (TPSA) is 58.4 Å². The first-order chi connectivity index (χ1) is 12.3. The Balaban J connectivity index is 1.29. The fourth-order valence-corrected chi connectivity index (χ4v) is 4.05. The highest BCUT2D eigenvalue weighted by molar-refractivity contribution is 5.78. The molecule has 2 heterocycles. The van der Waals surface area contributed by atoms with Gasteiger partial charge in [-0.3, -0.25) is 9.69 Å². The van der Waals surface area contributed by atoms with E-state index in [0.29, 0.717) is 11.6 Å². The molecule has 25 heavy (non-hydrogen) atoms. The number of hydrogen-bond donors (Lipinski definition) is 1. The summed E-state index contributed by atoms with van der Waals surface area (Å²) >= 11 is 0. The van der Waals surface area contributed by atoms with Crippen LogP contribution in [-0.2, 0) is 11.2 Å². The summed E-state index contributed by atoms with van der Waals surface area (Å²) in [7, 11) is 0. The van der Waals surface area contributed by atoms with E-state index in [2.05, 4.69) is 15.2 Å². The normalized spacial score (nSPS) is 21.7. The number of carbonyl (C=O) groups is 1. The Morgan fingerprint density at radius 1 is 1.20 bits per heavy atom. The van der Waals surface area contributed by atoms with Crippen LogP contribution in [0.5, 0.6) is 0 Å². The number of oxazole rings is 1. The number of nitrogens with one attached hydrogen (secondary N) is 1. The molecule has 5 nitrogen and oxygen atoms in total. The van der Waals surface area contributed by atoms with Gasteiger partial charge in [-0.2, -0.15) is 0 Å². The van der Waals surface area contributed by atoms with Gasteiger partial charge in [0.05, 0.1) is 12.1 Å². The van der Waals surface area contributed by atoms with Gasteiger partial charge in [0.15, 0.2) is 0 Å². The highest BCUT2D eigenvalue weighted by Gasteiger charge is 2.30. The monoisotopic (exact) mass is 339 g/mol. The van der Waals surface area contributed by atoms with Crippen LogP contribution < -0.4 is 5.32 Å². The van der Waals surface area contributed by atoms with E-state index >= 15 is 0 Å². The Hall–Kier alpha value is -2.14. The lowest BCUT2D eigenvalue weighted by atomic mass is 10.2. The van der Waals surface area contributed by atoms with Gasteiger partial charge in [0.2, 0.25) is 11.8 Å². The fourth-order valence-electron chi connectivity index (χ4n) is 4.05. The molecule has 1 N–H and O–H groups in total. The predicted octanol–water partition coefficient (Wildman–Crippen LogP) is 3.02. The van der Waals surface area contributed by atoms with E-state index in [-0.39, 0.29) is 18.4 Å². The van der Waals surface area contributed by atoms with Crippen molar-refractivity contribution in [2.75, 3.05) is 13.1 Å². The van der Waals surface area contributed by atoms with Gasteiger partial charge in [0.1, 0.15) is 6.26 Å². The summed E-state index contributed by atoms with van der Waals surface area (Å²) < 4.78 is 5.51. The molecular weight excluding hydrogens is 314 g/mol. The van der Waals surface area contributed by atoms with Gasteiger partial charge in [-0.15, -0.1) is 0 Å². The minimum atomic E-state index is 0.0335.